The second kappa shape index (κ2) is 14.6. The first-order valence-electron chi connectivity index (χ1n) is 12.9. The van der Waals surface area contributed by atoms with E-state index in [0.29, 0.717) is 0 Å². The largest absolute Gasteiger partial charge is 0.479 e. The van der Waals surface area contributed by atoms with Crippen molar-refractivity contribution >= 4 is 17.8 Å². The van der Waals surface area contributed by atoms with Crippen LogP contribution in [0.5, 0.6) is 0 Å². The summed E-state index contributed by atoms with van der Waals surface area (Å²) < 4.78 is 32.7. The first-order valence-corrected chi connectivity index (χ1v) is 12.9. The molecule has 19 heteroatoms. The molecule has 3 saturated heterocycles. The Kier molecular flexibility index (Phi) is 11.9. The molecule has 0 aliphatic carbocycles. The van der Waals surface area contributed by atoms with Crippen molar-refractivity contribution in [3.8, 4) is 0 Å². The smallest absolute Gasteiger partial charge is 0.335 e. The lowest BCUT2D eigenvalue weighted by Gasteiger charge is -2.48. The summed E-state index contributed by atoms with van der Waals surface area (Å²) in [4.78, 5) is 35.7. The van der Waals surface area contributed by atoms with Crippen molar-refractivity contribution in [1.29, 1.82) is 0 Å². The average Bonchev–Trinajstić information content (AvgIpc) is 2.93. The fourth-order valence-electron chi connectivity index (χ4n) is 5.02. The van der Waals surface area contributed by atoms with Crippen molar-refractivity contribution in [2.45, 2.75) is 106 Å². The van der Waals surface area contributed by atoms with E-state index >= 15 is 0 Å². The van der Waals surface area contributed by atoms with Crippen LogP contribution in [0.3, 0.4) is 0 Å². The number of rotatable bonds is 10. The Balaban J connectivity index is 1.87. The molecule has 0 aromatic rings. The molecule has 0 unspecified atom stereocenters. The van der Waals surface area contributed by atoms with E-state index in [0.717, 1.165) is 13.8 Å². The minimum Gasteiger partial charge on any atom is -0.479 e. The Bertz CT molecular complexity index is 943. The van der Waals surface area contributed by atoms with Gasteiger partial charge in [-0.2, -0.15) is 0 Å². The van der Waals surface area contributed by atoms with Crippen LogP contribution in [0.25, 0.3) is 0 Å². The van der Waals surface area contributed by atoms with Crippen LogP contribution in [0.4, 0.5) is 0 Å². The Morgan fingerprint density at radius 3 is 1.71 bits per heavy atom. The van der Waals surface area contributed by atoms with E-state index in [4.69, 9.17) is 28.4 Å². The predicted octanol–water partition coefficient (Wildman–Crippen LogP) is -6.54. The predicted molar refractivity (Wildman–Crippen MR) is 130 cm³/mol. The van der Waals surface area contributed by atoms with Gasteiger partial charge in [-0.3, -0.25) is 9.59 Å². The van der Waals surface area contributed by atoms with Crippen molar-refractivity contribution in [3.63, 3.8) is 0 Å². The van der Waals surface area contributed by atoms with Crippen molar-refractivity contribution in [2.75, 3.05) is 20.3 Å². The number of methoxy groups -OCH3 is 1. The standard InChI is InChI=1S/C23H38N2O17/c1-6(28)24-10-14(32)12(30)8(4-26)39-22(10)41-18-15(33)16(34)23(42-19(18)20(35)36)40-17-11(25-7(2)29)21(37-3)38-9(5-27)13(17)31/h8-19,21-23,26-27,30-34H,4-5H2,1-3H3,(H,24,28)(H,25,29)(H,35,36)/t8-,9-,10-,11-,12-,13-,14-,15-,16-,17-,18+,19+,21-,22+,23-/m1/s1. The van der Waals surface area contributed by atoms with E-state index in [-0.39, 0.29) is 0 Å². The zero-order valence-electron chi connectivity index (χ0n) is 22.8. The van der Waals surface area contributed by atoms with E-state index in [9.17, 15) is 55.2 Å². The van der Waals surface area contributed by atoms with Gasteiger partial charge < -0.3 is 79.9 Å². The van der Waals surface area contributed by atoms with Gasteiger partial charge in [-0.1, -0.05) is 0 Å². The fourth-order valence-corrected chi connectivity index (χ4v) is 5.02. The van der Waals surface area contributed by atoms with Gasteiger partial charge in [0.15, 0.2) is 25.0 Å². The number of hydrogen-bond acceptors (Lipinski definition) is 16. The highest BCUT2D eigenvalue weighted by Crippen LogP contribution is 2.32. The summed E-state index contributed by atoms with van der Waals surface area (Å²) in [5.41, 5.74) is 0. The summed E-state index contributed by atoms with van der Waals surface area (Å²) in [5, 5.41) is 87.0. The molecule has 10 N–H and O–H groups in total. The normalized spacial score (nSPS) is 44.3. The van der Waals surface area contributed by atoms with Gasteiger partial charge in [-0.05, 0) is 0 Å². The van der Waals surface area contributed by atoms with E-state index in [1.807, 2.05) is 0 Å². The van der Waals surface area contributed by atoms with Gasteiger partial charge in [-0.15, -0.1) is 0 Å². The maximum absolute atomic E-state index is 12.2. The number of carboxylic acid groups (broad SMARTS) is 1. The topological polar surface area (TPSA) is 292 Å². The Labute approximate surface area is 238 Å². The maximum Gasteiger partial charge on any atom is 0.335 e. The van der Waals surface area contributed by atoms with Crippen LogP contribution in [-0.4, -0.2) is 171 Å². The second-order valence-corrected chi connectivity index (χ2v) is 10.1. The first-order chi connectivity index (χ1) is 19.7. The number of aliphatic hydroxyl groups is 7. The monoisotopic (exact) mass is 614 g/mol. The molecule has 42 heavy (non-hydrogen) atoms. The van der Waals surface area contributed by atoms with Gasteiger partial charge in [0.25, 0.3) is 0 Å². The molecule has 3 aliphatic rings. The number of nitrogens with one attached hydrogen (secondary N) is 2. The highest BCUT2D eigenvalue weighted by Gasteiger charge is 2.55. The highest BCUT2D eigenvalue weighted by molar-refractivity contribution is 5.74. The van der Waals surface area contributed by atoms with E-state index in [1.54, 1.807) is 0 Å². The zero-order chi connectivity index (χ0) is 31.5. The summed E-state index contributed by atoms with van der Waals surface area (Å²) in [6.45, 7) is 0.693. The number of carbonyl (C=O) groups excluding carboxylic acids is 2. The molecule has 3 aliphatic heterocycles. The number of ether oxygens (including phenoxy) is 6. The van der Waals surface area contributed by atoms with Gasteiger partial charge in [0.2, 0.25) is 11.8 Å². The lowest BCUT2D eigenvalue weighted by molar-refractivity contribution is -0.359. The van der Waals surface area contributed by atoms with Crippen molar-refractivity contribution < 1.29 is 83.7 Å². The summed E-state index contributed by atoms with van der Waals surface area (Å²) >= 11 is 0. The first kappa shape index (κ1) is 34.4. The molecule has 19 nitrogen and oxygen atoms in total. The molecule has 15 atom stereocenters. The Morgan fingerprint density at radius 2 is 1.19 bits per heavy atom. The van der Waals surface area contributed by atoms with Gasteiger partial charge in [0.05, 0.1) is 13.2 Å². The van der Waals surface area contributed by atoms with Gasteiger partial charge in [0, 0.05) is 21.0 Å². The number of aliphatic hydroxyl groups excluding tert-OH is 7. The fraction of sp³-hybridized carbons (Fsp3) is 0.870. The van der Waals surface area contributed by atoms with E-state index in [1.165, 1.54) is 7.11 Å². The van der Waals surface area contributed by atoms with Crippen molar-refractivity contribution in [1.82, 2.24) is 10.6 Å². The number of aliphatic carboxylic acids is 1. The van der Waals surface area contributed by atoms with Crippen LogP contribution in [0, 0.1) is 0 Å². The van der Waals surface area contributed by atoms with E-state index < -0.39 is 123 Å². The molecule has 3 heterocycles. The molecule has 0 radical (unpaired) electrons. The highest BCUT2D eigenvalue weighted by atomic mass is 16.7. The van der Waals surface area contributed by atoms with Gasteiger partial charge >= 0.3 is 5.97 Å². The lowest BCUT2D eigenvalue weighted by Crippen LogP contribution is -2.69. The molecule has 0 saturated carbocycles. The molecular weight excluding hydrogens is 576 g/mol. The average molecular weight is 615 g/mol. The maximum atomic E-state index is 12.2. The minimum absolute atomic E-state index is 0.606. The second-order valence-electron chi connectivity index (χ2n) is 10.1. The summed E-state index contributed by atoms with van der Waals surface area (Å²) in [7, 11) is 1.21. The molecule has 242 valence electrons. The Morgan fingerprint density at radius 1 is 0.667 bits per heavy atom. The molecule has 3 rings (SSSR count). The third-order valence-electron chi connectivity index (χ3n) is 7.08. The molecule has 0 aromatic heterocycles. The van der Waals surface area contributed by atoms with Crippen LogP contribution in [0.2, 0.25) is 0 Å². The third kappa shape index (κ3) is 7.33. The van der Waals surface area contributed by atoms with Crippen LogP contribution in [0.1, 0.15) is 13.8 Å². The van der Waals surface area contributed by atoms with Gasteiger partial charge in [-0.25, -0.2) is 4.79 Å². The van der Waals surface area contributed by atoms with Crippen LogP contribution < -0.4 is 10.6 Å². The van der Waals surface area contributed by atoms with Crippen LogP contribution in [0.15, 0.2) is 0 Å². The number of amides is 2. The minimum atomic E-state index is -2.11. The quantitative estimate of drug-likeness (QED) is 0.109. The molecule has 0 aromatic carbocycles. The molecule has 3 fully saturated rings. The van der Waals surface area contributed by atoms with Crippen molar-refractivity contribution in [3.05, 3.63) is 0 Å². The summed E-state index contributed by atoms with van der Waals surface area (Å²) in [5.74, 6) is -3.03. The molecule has 2 amide bonds. The summed E-state index contributed by atoms with van der Waals surface area (Å²) in [6, 6.07) is -2.77. The zero-order valence-corrected chi connectivity index (χ0v) is 22.8. The van der Waals surface area contributed by atoms with Crippen LogP contribution >= 0.6 is 0 Å². The van der Waals surface area contributed by atoms with Crippen LogP contribution in [-0.2, 0) is 42.8 Å². The number of carbonyl (C=O) groups is 3. The van der Waals surface area contributed by atoms with Gasteiger partial charge in [0.1, 0.15) is 67.0 Å². The summed E-state index contributed by atoms with van der Waals surface area (Å²) in [6.07, 6.45) is -22.6. The molecule has 0 bridgehead atoms. The molecule has 0 spiro atoms. The number of carboxylic acids is 1. The SMILES string of the molecule is CO[C@@H]1O[C@H](CO)[C@@H](O)[C@H](O[C@@H]2O[C@H](C(=O)O)[C@@H](O[C@@H]3O[C@H](CO)[C@@H](O)[C@H](O)[C@H]3NC(C)=O)[C@H](O)[C@H]2O)[C@H]1NC(C)=O. The van der Waals surface area contributed by atoms with Crippen molar-refractivity contribution in [2.24, 2.45) is 0 Å². The molecular formula is C23H38N2O17. The van der Waals surface area contributed by atoms with E-state index in [2.05, 4.69) is 10.6 Å². The lowest BCUT2D eigenvalue weighted by atomic mass is 9.94. The number of hydrogen-bond donors (Lipinski definition) is 10. The third-order valence-corrected chi connectivity index (χ3v) is 7.08. The Hall–Kier alpha value is -2.11.